The van der Waals surface area contributed by atoms with Crippen LogP contribution >= 0.6 is 11.6 Å². The summed E-state index contributed by atoms with van der Waals surface area (Å²) < 4.78 is 33.6. The lowest BCUT2D eigenvalue weighted by atomic mass is 9.47. The number of nitrogens with one attached hydrogen (secondary N) is 1. The maximum absolute atomic E-state index is 12.8. The number of halogens is 1. The van der Waals surface area contributed by atoms with Crippen LogP contribution in [0.5, 0.6) is 0 Å². The topological polar surface area (TPSA) is 183 Å². The van der Waals surface area contributed by atoms with Gasteiger partial charge in [0, 0.05) is 18.8 Å². The molecule has 0 amide bonds. The van der Waals surface area contributed by atoms with E-state index in [2.05, 4.69) is 32.2 Å². The molecular weight excluding hydrogens is 672 g/mol. The third-order valence-electron chi connectivity index (χ3n) is 11.5. The molecule has 49 heavy (non-hydrogen) atoms. The molecular formula is C36H43ClN2O9S. The average Bonchev–Trinajstić information content (AvgIpc) is 3.63. The summed E-state index contributed by atoms with van der Waals surface area (Å²) in [7, 11) is -4.11. The van der Waals surface area contributed by atoms with Crippen LogP contribution in [0.4, 0.5) is 5.69 Å². The second kappa shape index (κ2) is 13.2. The van der Waals surface area contributed by atoms with Gasteiger partial charge in [0.15, 0.2) is 17.2 Å². The van der Waals surface area contributed by atoms with Gasteiger partial charge < -0.3 is 19.6 Å². The zero-order valence-electron chi connectivity index (χ0n) is 28.3. The maximum atomic E-state index is 12.8. The third-order valence-corrected chi connectivity index (χ3v) is 12.9. The van der Waals surface area contributed by atoms with Gasteiger partial charge in [-0.15, -0.1) is 0 Å². The van der Waals surface area contributed by atoms with Gasteiger partial charge in [-0.05, 0) is 105 Å². The zero-order valence-corrected chi connectivity index (χ0v) is 29.9. The first kappa shape index (κ1) is 36.5. The number of furan rings is 1. The number of rotatable bonds is 7. The van der Waals surface area contributed by atoms with E-state index in [9.17, 15) is 27.6 Å². The predicted octanol–water partition coefficient (Wildman–Crippen LogP) is 6.47. The van der Waals surface area contributed by atoms with Crippen LogP contribution in [0.2, 0.25) is 5.02 Å². The first-order valence-corrected chi connectivity index (χ1v) is 18.3. The number of Topliss-reactive ketones (excluding diaryl/α,β-unsaturated/α-hetero) is 1. The minimum absolute atomic E-state index is 0.0160. The van der Waals surface area contributed by atoms with E-state index < -0.39 is 26.5 Å². The molecule has 0 spiro atoms. The van der Waals surface area contributed by atoms with Gasteiger partial charge in [-0.3, -0.25) is 14.4 Å². The molecule has 0 saturated heterocycles. The number of anilines is 1. The lowest BCUT2D eigenvalue weighted by Crippen LogP contribution is -2.58. The molecule has 0 unspecified atom stereocenters. The van der Waals surface area contributed by atoms with Crippen LogP contribution in [0, 0.1) is 28.6 Å². The molecule has 2 saturated carbocycles. The van der Waals surface area contributed by atoms with Gasteiger partial charge in [-0.2, -0.15) is 0 Å². The molecule has 1 aromatic carbocycles. The Balaban J connectivity index is 0.000000200. The summed E-state index contributed by atoms with van der Waals surface area (Å²) in [5, 5.41) is 16.8. The number of hydrogen-bond donors (Lipinski definition) is 3. The molecule has 0 bridgehead atoms. The highest BCUT2D eigenvalue weighted by Gasteiger charge is 2.67. The quantitative estimate of drug-likeness (QED) is 0.269. The molecule has 1 heterocycles. The molecule has 0 radical (unpaired) electrons. The molecule has 13 heteroatoms. The van der Waals surface area contributed by atoms with Crippen LogP contribution in [0.3, 0.4) is 0 Å². The van der Waals surface area contributed by atoms with Crippen LogP contribution in [0.1, 0.15) is 89.3 Å². The van der Waals surface area contributed by atoms with Gasteiger partial charge in [-0.1, -0.05) is 37.1 Å². The number of benzene rings is 1. The van der Waals surface area contributed by atoms with E-state index in [0.717, 1.165) is 31.7 Å². The Morgan fingerprint density at radius 3 is 2.41 bits per heavy atom. The lowest BCUT2D eigenvalue weighted by Gasteiger charge is -2.58. The summed E-state index contributed by atoms with van der Waals surface area (Å²) in [6, 6.07) is 5.51. The van der Waals surface area contributed by atoms with Crippen molar-refractivity contribution in [2.75, 3.05) is 5.32 Å². The number of esters is 1. The molecule has 11 nitrogen and oxygen atoms in total. The Hall–Kier alpha value is -3.74. The second-order valence-electron chi connectivity index (χ2n) is 14.2. The molecule has 1 aromatic heterocycles. The van der Waals surface area contributed by atoms with Gasteiger partial charge in [0.2, 0.25) is 10.0 Å². The van der Waals surface area contributed by atoms with Gasteiger partial charge in [0.1, 0.15) is 10.7 Å². The van der Waals surface area contributed by atoms with E-state index in [1.165, 1.54) is 30.4 Å². The highest BCUT2D eigenvalue weighted by Crippen LogP contribution is 2.67. The molecule has 4 aliphatic rings. The van der Waals surface area contributed by atoms with Gasteiger partial charge in [-0.25, -0.2) is 18.4 Å². The summed E-state index contributed by atoms with van der Waals surface area (Å²) in [6.45, 7) is 9.85. The van der Waals surface area contributed by atoms with Gasteiger partial charge in [0.25, 0.3) is 0 Å². The van der Waals surface area contributed by atoms with Crippen LogP contribution in [0.25, 0.3) is 0 Å². The molecule has 6 atom stereocenters. The van der Waals surface area contributed by atoms with Crippen LogP contribution in [-0.4, -0.2) is 42.6 Å². The van der Waals surface area contributed by atoms with Crippen molar-refractivity contribution in [3.63, 3.8) is 0 Å². The Bertz CT molecular complexity index is 1870. The molecule has 4 N–H and O–H groups in total. The van der Waals surface area contributed by atoms with Crippen molar-refractivity contribution >= 4 is 50.8 Å². The van der Waals surface area contributed by atoms with E-state index in [1.54, 1.807) is 19.1 Å². The fourth-order valence-corrected chi connectivity index (χ4v) is 10.3. The summed E-state index contributed by atoms with van der Waals surface area (Å²) in [4.78, 5) is 47.5. The number of carboxylic acid groups (broad SMARTS) is 1. The second-order valence-corrected chi connectivity index (χ2v) is 16.1. The number of ether oxygens (including phenoxy) is 1. The molecule has 264 valence electrons. The standard InChI is InChI=1S/C24H32O4.C12H11ClN2O5S/c1-14-12-18-19(22(4)9-6-17(27)13-21(14)22)7-10-23(5)20(18)8-11-24(23,15(2)25)28-16(3)26;13-9-5-10(15-6-7-2-1-3-20-7)8(12(16)17)4-11(9)21(14,18)19/h12-13,18-20H,6-11H2,1-5H3;1-5,15H,6H2,(H,16,17)(H2,14,18,19)/t18-,19+,20+,22-,23+,24+;/m1./s1. The fourth-order valence-electron chi connectivity index (χ4n) is 9.17. The lowest BCUT2D eigenvalue weighted by molar-refractivity contribution is -0.185. The summed E-state index contributed by atoms with van der Waals surface area (Å²) in [5.74, 6) is 0.303. The van der Waals surface area contributed by atoms with Crippen LogP contribution in [0.15, 0.2) is 63.1 Å². The van der Waals surface area contributed by atoms with Crippen molar-refractivity contribution in [2.24, 2.45) is 33.7 Å². The molecule has 6 rings (SSSR count). The third kappa shape index (κ3) is 6.50. The average molecular weight is 715 g/mol. The molecule has 0 aliphatic heterocycles. The normalized spacial score (nSPS) is 30.3. The van der Waals surface area contributed by atoms with E-state index in [0.29, 0.717) is 36.4 Å². The number of ketones is 2. The summed E-state index contributed by atoms with van der Waals surface area (Å²) in [6.07, 6.45) is 10.7. The van der Waals surface area contributed by atoms with Crippen LogP contribution in [-0.2, 0) is 35.7 Å². The smallest absolute Gasteiger partial charge is 0.337 e. The Kier molecular flexibility index (Phi) is 9.83. The number of aromatic carboxylic acids is 1. The van der Waals surface area contributed by atoms with Crippen molar-refractivity contribution in [1.82, 2.24) is 0 Å². The number of nitrogens with two attached hydrogens (primary N) is 1. The number of carbonyl (C=O) groups excluding carboxylic acids is 3. The number of sulfonamides is 1. The highest BCUT2D eigenvalue weighted by atomic mass is 35.5. The van der Waals surface area contributed by atoms with E-state index in [-0.39, 0.29) is 51.2 Å². The molecule has 2 fully saturated rings. The van der Waals surface area contributed by atoms with Crippen LogP contribution < -0.4 is 10.5 Å². The van der Waals surface area contributed by atoms with Gasteiger partial charge in [0.05, 0.1) is 29.1 Å². The van der Waals surface area contributed by atoms with E-state index in [4.69, 9.17) is 31.0 Å². The minimum Gasteiger partial charge on any atom is -0.478 e. The van der Waals surface area contributed by atoms with Crippen molar-refractivity contribution in [1.29, 1.82) is 0 Å². The first-order valence-electron chi connectivity index (χ1n) is 16.3. The highest BCUT2D eigenvalue weighted by molar-refractivity contribution is 7.89. The summed E-state index contributed by atoms with van der Waals surface area (Å²) >= 11 is 5.84. The van der Waals surface area contributed by atoms with Gasteiger partial charge >= 0.3 is 11.9 Å². The molecule has 4 aliphatic carbocycles. The molecule has 2 aromatic rings. The SMILES string of the molecule is CC(=O)O[C@]1(C(C)=O)CC[C@H]2[C@@H]3C=C(C)C4=CC(=O)CC[C@]4(C)[C@H]3CC[C@@]21C.NS(=O)(=O)c1cc(C(=O)O)c(NCc2ccco2)cc1Cl. The number of allylic oxidation sites excluding steroid dienone is 4. The van der Waals surface area contributed by atoms with Crippen molar-refractivity contribution in [3.05, 3.63) is 70.2 Å². The maximum Gasteiger partial charge on any atom is 0.337 e. The van der Waals surface area contributed by atoms with Crippen molar-refractivity contribution in [3.8, 4) is 0 Å². The Labute approximate surface area is 291 Å². The fraction of sp³-hybridized carbons (Fsp3) is 0.500. The Morgan fingerprint density at radius 2 is 1.82 bits per heavy atom. The van der Waals surface area contributed by atoms with E-state index >= 15 is 0 Å². The number of primary sulfonamides is 1. The minimum atomic E-state index is -4.11. The Morgan fingerprint density at radius 1 is 1.12 bits per heavy atom. The zero-order chi connectivity index (χ0) is 36.1. The van der Waals surface area contributed by atoms with Crippen molar-refractivity contribution < 1.29 is 41.9 Å². The largest absolute Gasteiger partial charge is 0.478 e. The number of fused-ring (bicyclic) bond motifs is 5. The number of carboxylic acids is 1. The number of carbonyl (C=O) groups is 4. The monoisotopic (exact) mass is 714 g/mol. The van der Waals surface area contributed by atoms with Crippen molar-refractivity contribution in [2.45, 2.75) is 90.2 Å². The predicted molar refractivity (Wildman–Crippen MR) is 182 cm³/mol. The first-order chi connectivity index (χ1) is 22.8. The number of hydrogen-bond acceptors (Lipinski definition) is 9. The van der Waals surface area contributed by atoms with E-state index in [1.807, 2.05) is 6.08 Å². The summed E-state index contributed by atoms with van der Waals surface area (Å²) in [5.41, 5.74) is 1.06.